The summed E-state index contributed by atoms with van der Waals surface area (Å²) in [5.41, 5.74) is 7.30. The zero-order chi connectivity index (χ0) is 15.2. The van der Waals surface area contributed by atoms with Crippen molar-refractivity contribution in [3.8, 4) is 0 Å². The van der Waals surface area contributed by atoms with Gasteiger partial charge in [-0.3, -0.25) is 4.79 Å². The SMILES string of the molecule is CC1C(=O)Nc2ccc(S(=O)(=O)N3CCCC(N)C3)cc21. The van der Waals surface area contributed by atoms with E-state index in [0.29, 0.717) is 18.8 Å². The standard InChI is InChI=1S/C14H19N3O3S/c1-9-12-7-11(4-5-13(12)16-14(9)18)21(19,20)17-6-2-3-10(15)8-17/h4-5,7,9-10H,2-3,6,8,15H2,1H3,(H,16,18). The molecule has 0 aromatic heterocycles. The van der Waals surface area contributed by atoms with Gasteiger partial charge in [-0.05, 0) is 43.5 Å². The predicted molar refractivity (Wildman–Crippen MR) is 79.5 cm³/mol. The Labute approximate surface area is 124 Å². The van der Waals surface area contributed by atoms with Crippen LogP contribution in [0.15, 0.2) is 23.1 Å². The number of sulfonamides is 1. The molecule has 1 amide bonds. The molecule has 2 atom stereocenters. The predicted octanol–water partition coefficient (Wildman–Crippen LogP) is 0.854. The zero-order valence-corrected chi connectivity index (χ0v) is 12.7. The molecule has 0 bridgehead atoms. The molecule has 3 rings (SSSR count). The molecule has 2 heterocycles. The average molecular weight is 309 g/mol. The molecule has 2 unspecified atom stereocenters. The maximum atomic E-state index is 12.7. The summed E-state index contributed by atoms with van der Waals surface area (Å²) in [5.74, 6) is -0.418. The number of nitrogens with one attached hydrogen (secondary N) is 1. The van der Waals surface area contributed by atoms with E-state index in [4.69, 9.17) is 5.73 Å². The van der Waals surface area contributed by atoms with Crippen molar-refractivity contribution in [1.29, 1.82) is 0 Å². The lowest BCUT2D eigenvalue weighted by Crippen LogP contribution is -2.45. The van der Waals surface area contributed by atoms with Crippen molar-refractivity contribution in [1.82, 2.24) is 4.31 Å². The first-order valence-electron chi connectivity index (χ1n) is 7.10. The van der Waals surface area contributed by atoms with Crippen molar-refractivity contribution < 1.29 is 13.2 Å². The quantitative estimate of drug-likeness (QED) is 0.847. The Hall–Kier alpha value is -1.44. The van der Waals surface area contributed by atoms with E-state index in [2.05, 4.69) is 5.32 Å². The van der Waals surface area contributed by atoms with Crippen LogP contribution in [0.3, 0.4) is 0 Å². The van der Waals surface area contributed by atoms with Gasteiger partial charge in [0, 0.05) is 24.8 Å². The van der Waals surface area contributed by atoms with Crippen LogP contribution in [-0.2, 0) is 14.8 Å². The number of rotatable bonds is 2. The maximum absolute atomic E-state index is 12.7. The molecule has 1 aromatic carbocycles. The highest BCUT2D eigenvalue weighted by atomic mass is 32.2. The van der Waals surface area contributed by atoms with E-state index in [9.17, 15) is 13.2 Å². The molecule has 1 aromatic rings. The molecule has 21 heavy (non-hydrogen) atoms. The van der Waals surface area contributed by atoms with Gasteiger partial charge in [0.1, 0.15) is 0 Å². The molecule has 6 nitrogen and oxygen atoms in total. The molecule has 7 heteroatoms. The van der Waals surface area contributed by atoms with E-state index in [1.807, 2.05) is 0 Å². The summed E-state index contributed by atoms with van der Waals surface area (Å²) >= 11 is 0. The third-order valence-corrected chi connectivity index (χ3v) is 6.06. The lowest BCUT2D eigenvalue weighted by molar-refractivity contribution is -0.116. The Morgan fingerprint density at radius 1 is 1.38 bits per heavy atom. The summed E-state index contributed by atoms with van der Waals surface area (Å²) in [6.07, 6.45) is 1.63. The first-order chi connectivity index (χ1) is 9.89. The minimum Gasteiger partial charge on any atom is -0.327 e. The summed E-state index contributed by atoms with van der Waals surface area (Å²) in [7, 11) is -3.54. The smallest absolute Gasteiger partial charge is 0.243 e. The summed E-state index contributed by atoms with van der Waals surface area (Å²) in [4.78, 5) is 11.9. The molecule has 0 aliphatic carbocycles. The minimum atomic E-state index is -3.54. The molecule has 0 radical (unpaired) electrons. The van der Waals surface area contributed by atoms with E-state index in [1.54, 1.807) is 25.1 Å². The first-order valence-corrected chi connectivity index (χ1v) is 8.54. The van der Waals surface area contributed by atoms with Crippen LogP contribution < -0.4 is 11.1 Å². The van der Waals surface area contributed by atoms with Gasteiger partial charge in [-0.2, -0.15) is 4.31 Å². The van der Waals surface area contributed by atoms with Crippen molar-refractivity contribution in [3.63, 3.8) is 0 Å². The Morgan fingerprint density at radius 2 is 2.14 bits per heavy atom. The highest BCUT2D eigenvalue weighted by molar-refractivity contribution is 7.89. The number of nitrogens with two attached hydrogens (primary N) is 1. The number of nitrogens with zero attached hydrogens (tertiary/aromatic N) is 1. The van der Waals surface area contributed by atoms with Crippen LogP contribution in [0, 0.1) is 0 Å². The fraction of sp³-hybridized carbons (Fsp3) is 0.500. The van der Waals surface area contributed by atoms with E-state index in [-0.39, 0.29) is 22.8 Å². The van der Waals surface area contributed by atoms with Crippen LogP contribution in [0.1, 0.15) is 31.2 Å². The number of hydrogen-bond donors (Lipinski definition) is 2. The zero-order valence-electron chi connectivity index (χ0n) is 11.9. The number of benzene rings is 1. The summed E-state index contributed by atoms with van der Waals surface area (Å²) < 4.78 is 26.8. The Bertz CT molecular complexity index is 687. The molecule has 3 N–H and O–H groups in total. The molecular weight excluding hydrogens is 290 g/mol. The first kappa shape index (κ1) is 14.5. The number of carbonyl (C=O) groups excluding carboxylic acids is 1. The number of anilines is 1. The van der Waals surface area contributed by atoms with Crippen LogP contribution in [-0.4, -0.2) is 37.8 Å². The minimum absolute atomic E-state index is 0.0976. The van der Waals surface area contributed by atoms with E-state index in [1.165, 1.54) is 4.31 Å². The van der Waals surface area contributed by atoms with Crippen LogP contribution in [0.25, 0.3) is 0 Å². The number of fused-ring (bicyclic) bond motifs is 1. The highest BCUT2D eigenvalue weighted by Crippen LogP contribution is 2.34. The normalized spacial score (nSPS) is 26.5. The van der Waals surface area contributed by atoms with Crippen LogP contribution in [0.4, 0.5) is 5.69 Å². The molecule has 114 valence electrons. The summed E-state index contributed by atoms with van der Waals surface area (Å²) in [6.45, 7) is 2.63. The van der Waals surface area contributed by atoms with Gasteiger partial charge in [0.25, 0.3) is 0 Å². The molecule has 2 aliphatic heterocycles. The van der Waals surface area contributed by atoms with Gasteiger partial charge in [-0.15, -0.1) is 0 Å². The Balaban J connectivity index is 1.95. The van der Waals surface area contributed by atoms with Crippen molar-refractivity contribution in [2.75, 3.05) is 18.4 Å². The highest BCUT2D eigenvalue weighted by Gasteiger charge is 2.32. The largest absolute Gasteiger partial charge is 0.327 e. The third kappa shape index (κ3) is 2.45. The van der Waals surface area contributed by atoms with Crippen LogP contribution in [0.5, 0.6) is 0 Å². The summed E-state index contributed by atoms with van der Waals surface area (Å²) in [5, 5.41) is 2.75. The maximum Gasteiger partial charge on any atom is 0.243 e. The number of piperidine rings is 1. The van der Waals surface area contributed by atoms with Gasteiger partial charge in [-0.1, -0.05) is 0 Å². The third-order valence-electron chi connectivity index (χ3n) is 4.20. The van der Waals surface area contributed by atoms with Gasteiger partial charge in [0.05, 0.1) is 10.8 Å². The van der Waals surface area contributed by atoms with Gasteiger partial charge >= 0.3 is 0 Å². The Morgan fingerprint density at radius 3 is 2.86 bits per heavy atom. The fourth-order valence-electron chi connectivity index (χ4n) is 2.90. The molecule has 1 saturated heterocycles. The fourth-order valence-corrected chi connectivity index (χ4v) is 4.47. The monoisotopic (exact) mass is 309 g/mol. The van der Waals surface area contributed by atoms with E-state index < -0.39 is 10.0 Å². The Kier molecular flexibility index (Phi) is 3.51. The molecule has 0 spiro atoms. The molecule has 0 saturated carbocycles. The van der Waals surface area contributed by atoms with Gasteiger partial charge in [0.2, 0.25) is 15.9 Å². The second-order valence-corrected chi connectivity index (χ2v) is 7.66. The molecular formula is C14H19N3O3S. The lowest BCUT2D eigenvalue weighted by Gasteiger charge is -2.30. The number of hydrogen-bond acceptors (Lipinski definition) is 4. The van der Waals surface area contributed by atoms with Crippen molar-refractivity contribution in [2.45, 2.75) is 36.6 Å². The second kappa shape index (κ2) is 5.08. The van der Waals surface area contributed by atoms with Gasteiger partial charge in [0.15, 0.2) is 0 Å². The average Bonchev–Trinajstić information content (AvgIpc) is 2.74. The van der Waals surface area contributed by atoms with Gasteiger partial charge < -0.3 is 11.1 Å². The molecule has 2 aliphatic rings. The van der Waals surface area contributed by atoms with Crippen molar-refractivity contribution in [3.05, 3.63) is 23.8 Å². The van der Waals surface area contributed by atoms with Crippen LogP contribution in [0.2, 0.25) is 0 Å². The topological polar surface area (TPSA) is 92.5 Å². The van der Waals surface area contributed by atoms with Crippen molar-refractivity contribution >= 4 is 21.6 Å². The van der Waals surface area contributed by atoms with E-state index >= 15 is 0 Å². The second-order valence-electron chi connectivity index (χ2n) is 5.73. The van der Waals surface area contributed by atoms with Crippen molar-refractivity contribution in [2.24, 2.45) is 5.73 Å². The summed E-state index contributed by atoms with van der Waals surface area (Å²) in [6, 6.07) is 4.71. The van der Waals surface area contributed by atoms with E-state index in [0.717, 1.165) is 18.4 Å². The molecule has 1 fully saturated rings. The number of carbonyl (C=O) groups is 1. The van der Waals surface area contributed by atoms with Crippen LogP contribution >= 0.6 is 0 Å². The van der Waals surface area contributed by atoms with Gasteiger partial charge in [-0.25, -0.2) is 8.42 Å². The number of amides is 1. The lowest BCUT2D eigenvalue weighted by atomic mass is 10.0.